The summed E-state index contributed by atoms with van der Waals surface area (Å²) in [6, 6.07) is 6.50. The average molecular weight is 247 g/mol. The van der Waals surface area contributed by atoms with E-state index < -0.39 is 0 Å². The molecule has 0 amide bonds. The molecule has 72 valence electrons. The number of hydrogen-bond acceptors (Lipinski definition) is 1. The van der Waals surface area contributed by atoms with Crippen LogP contribution < -0.4 is 0 Å². The minimum absolute atomic E-state index is 0.158. The van der Waals surface area contributed by atoms with Crippen LogP contribution in [0.3, 0.4) is 0 Å². The third kappa shape index (κ3) is 3.44. The van der Waals surface area contributed by atoms with Crippen LogP contribution in [-0.2, 0) is 11.2 Å². The molecule has 1 atom stereocenters. The van der Waals surface area contributed by atoms with E-state index in [1.54, 1.807) is 19.2 Å². The molecule has 0 saturated heterocycles. The Morgan fingerprint density at radius 1 is 1.38 bits per heavy atom. The van der Waals surface area contributed by atoms with E-state index >= 15 is 0 Å². The van der Waals surface area contributed by atoms with Crippen LogP contribution in [0.2, 0.25) is 0 Å². The first-order valence-electron chi connectivity index (χ1n) is 4.09. The maximum Gasteiger partial charge on any atom is 0.123 e. The maximum absolute atomic E-state index is 12.5. The Labute approximate surface area is 86.0 Å². The van der Waals surface area contributed by atoms with Crippen molar-refractivity contribution in [1.29, 1.82) is 0 Å². The molecule has 0 radical (unpaired) electrons. The van der Waals surface area contributed by atoms with E-state index in [2.05, 4.69) is 15.9 Å². The zero-order valence-electron chi connectivity index (χ0n) is 7.47. The lowest BCUT2D eigenvalue weighted by molar-refractivity contribution is 0.123. The Balaban J connectivity index is 2.58. The molecule has 3 heteroatoms. The quantitative estimate of drug-likeness (QED) is 0.743. The molecule has 1 unspecified atom stereocenters. The first kappa shape index (κ1) is 10.7. The Hall–Kier alpha value is -0.410. The number of alkyl halides is 1. The lowest BCUT2D eigenvalue weighted by Crippen LogP contribution is -2.15. The smallest absolute Gasteiger partial charge is 0.123 e. The van der Waals surface area contributed by atoms with Gasteiger partial charge in [-0.1, -0.05) is 28.1 Å². The van der Waals surface area contributed by atoms with Crippen LogP contribution in [-0.4, -0.2) is 18.5 Å². The van der Waals surface area contributed by atoms with Crippen molar-refractivity contribution in [2.24, 2.45) is 0 Å². The van der Waals surface area contributed by atoms with Gasteiger partial charge in [-0.3, -0.25) is 0 Å². The van der Waals surface area contributed by atoms with Crippen molar-refractivity contribution in [3.63, 3.8) is 0 Å². The zero-order valence-corrected chi connectivity index (χ0v) is 9.05. The molecule has 1 aromatic rings. The fourth-order valence-corrected chi connectivity index (χ4v) is 1.58. The molecule has 13 heavy (non-hydrogen) atoms. The molecule has 1 aromatic carbocycles. The van der Waals surface area contributed by atoms with Gasteiger partial charge in [-0.05, 0) is 24.1 Å². The minimum Gasteiger partial charge on any atom is -0.380 e. The Bertz CT molecular complexity index is 244. The van der Waals surface area contributed by atoms with Gasteiger partial charge in [0.15, 0.2) is 0 Å². The van der Waals surface area contributed by atoms with Gasteiger partial charge in [0.2, 0.25) is 0 Å². The topological polar surface area (TPSA) is 9.23 Å². The molecule has 0 saturated carbocycles. The largest absolute Gasteiger partial charge is 0.380 e. The second-order valence-corrected chi connectivity index (χ2v) is 3.49. The fourth-order valence-electron chi connectivity index (χ4n) is 1.08. The van der Waals surface area contributed by atoms with Crippen molar-refractivity contribution in [3.05, 3.63) is 35.6 Å². The highest BCUT2D eigenvalue weighted by molar-refractivity contribution is 9.09. The van der Waals surface area contributed by atoms with E-state index in [-0.39, 0.29) is 11.9 Å². The molecule has 0 spiro atoms. The van der Waals surface area contributed by atoms with Crippen LogP contribution in [0.4, 0.5) is 4.39 Å². The molecule has 0 aliphatic rings. The van der Waals surface area contributed by atoms with E-state index in [1.165, 1.54) is 12.1 Å². The number of benzene rings is 1. The number of rotatable bonds is 4. The summed E-state index contributed by atoms with van der Waals surface area (Å²) in [7, 11) is 1.68. The highest BCUT2D eigenvalue weighted by Crippen LogP contribution is 2.08. The van der Waals surface area contributed by atoms with Gasteiger partial charge < -0.3 is 4.74 Å². The molecule has 0 aliphatic carbocycles. The molecule has 1 rings (SSSR count). The van der Waals surface area contributed by atoms with E-state index in [0.717, 1.165) is 17.3 Å². The van der Waals surface area contributed by atoms with Crippen molar-refractivity contribution in [1.82, 2.24) is 0 Å². The second-order valence-electron chi connectivity index (χ2n) is 2.84. The third-order valence-electron chi connectivity index (χ3n) is 1.88. The molecule has 0 heterocycles. The van der Waals surface area contributed by atoms with Gasteiger partial charge >= 0.3 is 0 Å². The van der Waals surface area contributed by atoms with Gasteiger partial charge in [0.05, 0.1) is 6.10 Å². The SMILES string of the molecule is COC(CBr)Cc1ccc(F)cc1. The Kier molecular flexibility index (Phi) is 4.39. The molecular weight excluding hydrogens is 235 g/mol. The van der Waals surface area contributed by atoms with Gasteiger partial charge in [-0.2, -0.15) is 0 Å². The summed E-state index contributed by atoms with van der Waals surface area (Å²) >= 11 is 3.35. The van der Waals surface area contributed by atoms with Crippen molar-refractivity contribution < 1.29 is 9.13 Å². The molecule has 1 nitrogen and oxygen atoms in total. The van der Waals surface area contributed by atoms with Gasteiger partial charge in [-0.25, -0.2) is 4.39 Å². The van der Waals surface area contributed by atoms with Crippen molar-refractivity contribution in [2.45, 2.75) is 12.5 Å². The van der Waals surface area contributed by atoms with Crippen molar-refractivity contribution in [3.8, 4) is 0 Å². The van der Waals surface area contributed by atoms with Crippen LogP contribution in [0.25, 0.3) is 0 Å². The fraction of sp³-hybridized carbons (Fsp3) is 0.400. The summed E-state index contributed by atoms with van der Waals surface area (Å²) in [6.45, 7) is 0. The summed E-state index contributed by atoms with van der Waals surface area (Å²) < 4.78 is 17.7. The van der Waals surface area contributed by atoms with Crippen LogP contribution >= 0.6 is 15.9 Å². The van der Waals surface area contributed by atoms with Crippen molar-refractivity contribution in [2.75, 3.05) is 12.4 Å². The predicted molar refractivity (Wildman–Crippen MR) is 54.7 cm³/mol. The standard InChI is InChI=1S/C10H12BrFO/c1-13-10(7-11)6-8-2-4-9(12)5-3-8/h2-5,10H,6-7H2,1H3. The van der Waals surface area contributed by atoms with Gasteiger partial charge in [0.25, 0.3) is 0 Å². The monoisotopic (exact) mass is 246 g/mol. The lowest BCUT2D eigenvalue weighted by atomic mass is 10.1. The zero-order chi connectivity index (χ0) is 9.68. The van der Waals surface area contributed by atoms with Crippen LogP contribution in [0.15, 0.2) is 24.3 Å². The van der Waals surface area contributed by atoms with E-state index in [4.69, 9.17) is 4.74 Å². The average Bonchev–Trinajstić information content (AvgIpc) is 2.17. The molecular formula is C10H12BrFO. The van der Waals surface area contributed by atoms with E-state index in [1.807, 2.05) is 0 Å². The number of hydrogen-bond donors (Lipinski definition) is 0. The van der Waals surface area contributed by atoms with Gasteiger partial charge in [0.1, 0.15) is 5.82 Å². The molecule has 0 fully saturated rings. The number of methoxy groups -OCH3 is 1. The van der Waals surface area contributed by atoms with Crippen molar-refractivity contribution >= 4 is 15.9 Å². The van der Waals surface area contributed by atoms with Crippen LogP contribution in [0.5, 0.6) is 0 Å². The van der Waals surface area contributed by atoms with E-state index in [9.17, 15) is 4.39 Å². The summed E-state index contributed by atoms with van der Waals surface area (Å²) in [6.07, 6.45) is 0.965. The first-order valence-corrected chi connectivity index (χ1v) is 5.21. The Morgan fingerprint density at radius 3 is 2.46 bits per heavy atom. The summed E-state index contributed by atoms with van der Waals surface area (Å²) in [5, 5.41) is 0.793. The third-order valence-corrected chi connectivity index (χ3v) is 2.60. The van der Waals surface area contributed by atoms with Gasteiger partial charge in [0, 0.05) is 12.4 Å². The highest BCUT2D eigenvalue weighted by atomic mass is 79.9. The minimum atomic E-state index is -0.198. The Morgan fingerprint density at radius 2 is 2.00 bits per heavy atom. The molecule has 0 aromatic heterocycles. The summed E-state index contributed by atoms with van der Waals surface area (Å²) in [5.41, 5.74) is 1.09. The summed E-state index contributed by atoms with van der Waals surface area (Å²) in [4.78, 5) is 0. The van der Waals surface area contributed by atoms with Gasteiger partial charge in [-0.15, -0.1) is 0 Å². The molecule has 0 aliphatic heterocycles. The molecule has 0 N–H and O–H groups in total. The van der Waals surface area contributed by atoms with Crippen LogP contribution in [0.1, 0.15) is 5.56 Å². The normalized spacial score (nSPS) is 12.8. The van der Waals surface area contributed by atoms with E-state index in [0.29, 0.717) is 0 Å². The summed E-state index contributed by atoms with van der Waals surface area (Å²) in [5.74, 6) is -0.198. The molecule has 0 bridgehead atoms. The second kappa shape index (κ2) is 5.35. The first-order chi connectivity index (χ1) is 6.26. The number of halogens is 2. The predicted octanol–water partition coefficient (Wildman–Crippen LogP) is 2.78. The number of ether oxygens (including phenoxy) is 1. The maximum atomic E-state index is 12.5. The highest BCUT2D eigenvalue weighted by Gasteiger charge is 2.05. The lowest BCUT2D eigenvalue weighted by Gasteiger charge is -2.11. The van der Waals surface area contributed by atoms with Crippen LogP contribution in [0, 0.1) is 5.82 Å².